The molecule has 7 nitrogen and oxygen atoms in total. The monoisotopic (exact) mass is 500 g/mol. The second kappa shape index (κ2) is 9.84. The van der Waals surface area contributed by atoms with Gasteiger partial charge < -0.3 is 19.4 Å². The smallest absolute Gasteiger partial charge is 0.410 e. The van der Waals surface area contributed by atoms with Gasteiger partial charge in [0.05, 0.1) is 11.1 Å². The largest absolute Gasteiger partial charge is 0.444 e. The number of piperidine rings is 2. The van der Waals surface area contributed by atoms with E-state index in [1.165, 1.54) is 32.4 Å². The first-order valence-corrected chi connectivity index (χ1v) is 13.7. The number of carbonyl (C=O) groups excluding carboxylic acids is 2. The van der Waals surface area contributed by atoms with Gasteiger partial charge >= 0.3 is 6.09 Å². The molecule has 0 bridgehead atoms. The number of benzene rings is 1. The minimum absolute atomic E-state index is 0.00989. The molecule has 0 saturated carbocycles. The molecule has 4 saturated heterocycles. The summed E-state index contributed by atoms with van der Waals surface area (Å²) in [5.74, 6) is -0.338. The van der Waals surface area contributed by atoms with E-state index in [2.05, 4.69) is 9.80 Å². The van der Waals surface area contributed by atoms with Crippen LogP contribution in [0.1, 0.15) is 65.7 Å². The summed E-state index contributed by atoms with van der Waals surface area (Å²) in [7, 11) is 0. The Morgan fingerprint density at radius 3 is 2.36 bits per heavy atom. The highest BCUT2D eigenvalue weighted by molar-refractivity contribution is 6.00. The van der Waals surface area contributed by atoms with Crippen molar-refractivity contribution in [1.29, 1.82) is 0 Å². The number of anilines is 2. The molecule has 1 aromatic carbocycles. The van der Waals surface area contributed by atoms with Gasteiger partial charge in [0.25, 0.3) is 0 Å². The summed E-state index contributed by atoms with van der Waals surface area (Å²) in [5, 5.41) is 0. The van der Waals surface area contributed by atoms with Crippen molar-refractivity contribution in [1.82, 2.24) is 9.80 Å². The molecule has 4 fully saturated rings. The zero-order valence-electron chi connectivity index (χ0n) is 22.1. The third-order valence-corrected chi connectivity index (χ3v) is 8.54. The van der Waals surface area contributed by atoms with Gasteiger partial charge in [-0.15, -0.1) is 0 Å². The predicted molar refractivity (Wildman–Crippen MR) is 139 cm³/mol. The van der Waals surface area contributed by atoms with Crippen LogP contribution in [0.2, 0.25) is 0 Å². The lowest BCUT2D eigenvalue weighted by Crippen LogP contribution is -2.48. The first-order chi connectivity index (χ1) is 17.2. The fourth-order valence-electron chi connectivity index (χ4n) is 6.43. The Balaban J connectivity index is 1.21. The molecule has 0 aromatic heterocycles. The van der Waals surface area contributed by atoms with Crippen LogP contribution in [-0.2, 0) is 9.53 Å². The summed E-state index contributed by atoms with van der Waals surface area (Å²) in [6.07, 6.45) is 6.56. The van der Waals surface area contributed by atoms with Gasteiger partial charge in [-0.2, -0.15) is 0 Å². The van der Waals surface area contributed by atoms with Crippen LogP contribution in [0.3, 0.4) is 0 Å². The Kier molecular flexibility index (Phi) is 6.92. The molecule has 0 aliphatic carbocycles. The van der Waals surface area contributed by atoms with Gasteiger partial charge in [0.2, 0.25) is 5.91 Å². The molecule has 198 valence electrons. The topological polar surface area (TPSA) is 56.3 Å². The Labute approximate surface area is 214 Å². The number of hydrogen-bond donors (Lipinski definition) is 0. The van der Waals surface area contributed by atoms with Gasteiger partial charge in [0.15, 0.2) is 0 Å². The van der Waals surface area contributed by atoms with Crippen LogP contribution in [0.4, 0.5) is 20.6 Å². The maximum absolute atomic E-state index is 15.4. The average Bonchev–Trinajstić information content (AvgIpc) is 3.45. The van der Waals surface area contributed by atoms with E-state index in [9.17, 15) is 9.59 Å². The van der Waals surface area contributed by atoms with Crippen LogP contribution in [0.25, 0.3) is 0 Å². The van der Waals surface area contributed by atoms with Crippen molar-refractivity contribution in [2.75, 3.05) is 55.6 Å². The SMILES string of the molecule is CC(C)(C)OC(=O)N1CCC2(CC1)CCN(c1ccc(N3CC[C@H](N4CCCCC4)C3)cc1F)C2=O. The average molecular weight is 501 g/mol. The van der Waals surface area contributed by atoms with Crippen LogP contribution in [0, 0.1) is 11.2 Å². The molecule has 4 aliphatic heterocycles. The van der Waals surface area contributed by atoms with E-state index in [1.54, 1.807) is 21.9 Å². The Hall–Kier alpha value is -2.35. The molecule has 4 aliphatic rings. The summed E-state index contributed by atoms with van der Waals surface area (Å²) in [6, 6.07) is 5.92. The van der Waals surface area contributed by atoms with E-state index in [1.807, 2.05) is 26.8 Å². The van der Waals surface area contributed by atoms with Crippen LogP contribution < -0.4 is 9.80 Å². The second-order valence-corrected chi connectivity index (χ2v) is 12.1. The van der Waals surface area contributed by atoms with Crippen molar-refractivity contribution in [3.63, 3.8) is 0 Å². The van der Waals surface area contributed by atoms with Crippen LogP contribution >= 0.6 is 0 Å². The Morgan fingerprint density at radius 2 is 1.69 bits per heavy atom. The predicted octanol–water partition coefficient (Wildman–Crippen LogP) is 4.64. The number of carbonyl (C=O) groups is 2. The molecular formula is C28H41FN4O3. The highest BCUT2D eigenvalue weighted by Crippen LogP contribution is 2.44. The molecule has 4 heterocycles. The lowest BCUT2D eigenvalue weighted by molar-refractivity contribution is -0.128. The van der Waals surface area contributed by atoms with Crippen molar-refractivity contribution in [3.8, 4) is 0 Å². The van der Waals surface area contributed by atoms with Crippen LogP contribution in [0.15, 0.2) is 18.2 Å². The quantitative estimate of drug-likeness (QED) is 0.605. The number of hydrogen-bond acceptors (Lipinski definition) is 5. The van der Waals surface area contributed by atoms with Gasteiger partial charge in [0, 0.05) is 44.5 Å². The van der Waals surface area contributed by atoms with Gasteiger partial charge in [-0.1, -0.05) is 6.42 Å². The minimum Gasteiger partial charge on any atom is -0.444 e. The molecule has 0 radical (unpaired) electrons. The van der Waals surface area contributed by atoms with Gasteiger partial charge in [-0.25, -0.2) is 9.18 Å². The first kappa shape index (κ1) is 25.3. The van der Waals surface area contributed by atoms with Crippen molar-refractivity contribution >= 4 is 23.4 Å². The summed E-state index contributed by atoms with van der Waals surface area (Å²) in [5.41, 5.74) is 0.226. The Bertz CT molecular complexity index is 979. The maximum Gasteiger partial charge on any atom is 0.410 e. The van der Waals surface area contributed by atoms with Crippen molar-refractivity contribution < 1.29 is 18.7 Å². The molecule has 1 aromatic rings. The number of amides is 2. The summed E-state index contributed by atoms with van der Waals surface area (Å²) in [6.45, 7) is 11.3. The van der Waals surface area contributed by atoms with E-state index in [0.29, 0.717) is 50.6 Å². The van der Waals surface area contributed by atoms with E-state index >= 15 is 4.39 Å². The molecule has 1 atom stereocenters. The number of rotatable bonds is 3. The zero-order chi connectivity index (χ0) is 25.5. The molecule has 0 N–H and O–H groups in total. The minimum atomic E-state index is -0.542. The number of ether oxygens (including phenoxy) is 1. The third-order valence-electron chi connectivity index (χ3n) is 8.54. The van der Waals surface area contributed by atoms with E-state index in [-0.39, 0.29) is 17.8 Å². The van der Waals surface area contributed by atoms with Gasteiger partial charge in [-0.05, 0) is 90.6 Å². The number of halogens is 1. The highest BCUT2D eigenvalue weighted by Gasteiger charge is 2.49. The third kappa shape index (κ3) is 5.06. The van der Waals surface area contributed by atoms with E-state index in [0.717, 1.165) is 25.2 Å². The second-order valence-electron chi connectivity index (χ2n) is 12.1. The summed E-state index contributed by atoms with van der Waals surface area (Å²) in [4.78, 5) is 34.1. The van der Waals surface area contributed by atoms with Gasteiger partial charge in [-0.3, -0.25) is 9.69 Å². The standard InChI is InChI=1S/C28H41FN4O3/c1-27(2,3)36-26(35)31-16-10-28(11-17-31)12-18-33(25(28)34)24-8-7-21(19-23(24)29)32-15-9-22(20-32)30-13-5-4-6-14-30/h7-8,19,22H,4-6,9-18,20H2,1-3H3/t22-/m0/s1. The van der Waals surface area contributed by atoms with Crippen molar-refractivity contribution in [2.24, 2.45) is 5.41 Å². The van der Waals surface area contributed by atoms with Crippen LogP contribution in [-0.4, -0.2) is 79.3 Å². The highest BCUT2D eigenvalue weighted by atomic mass is 19.1. The van der Waals surface area contributed by atoms with Crippen LogP contribution in [0.5, 0.6) is 0 Å². The van der Waals surface area contributed by atoms with Crippen molar-refractivity contribution in [3.05, 3.63) is 24.0 Å². The molecule has 1 spiro atoms. The zero-order valence-corrected chi connectivity index (χ0v) is 22.1. The normalized spacial score (nSPS) is 25.2. The molecule has 0 unspecified atom stereocenters. The lowest BCUT2D eigenvalue weighted by atomic mass is 9.77. The molecule has 2 amide bonds. The Morgan fingerprint density at radius 1 is 1.00 bits per heavy atom. The first-order valence-electron chi connectivity index (χ1n) is 13.7. The van der Waals surface area contributed by atoms with Gasteiger partial charge in [0.1, 0.15) is 11.4 Å². The molecular weight excluding hydrogens is 459 g/mol. The maximum atomic E-state index is 15.4. The number of nitrogens with zero attached hydrogens (tertiary/aromatic N) is 4. The van der Waals surface area contributed by atoms with E-state index < -0.39 is 11.0 Å². The summed E-state index contributed by atoms with van der Waals surface area (Å²) >= 11 is 0. The summed E-state index contributed by atoms with van der Waals surface area (Å²) < 4.78 is 20.9. The fourth-order valence-corrected chi connectivity index (χ4v) is 6.43. The lowest BCUT2D eigenvalue weighted by Gasteiger charge is -2.38. The number of likely N-dealkylation sites (tertiary alicyclic amines) is 2. The molecule has 8 heteroatoms. The molecule has 36 heavy (non-hydrogen) atoms. The van der Waals surface area contributed by atoms with E-state index in [4.69, 9.17) is 4.74 Å². The fraction of sp³-hybridized carbons (Fsp3) is 0.714. The molecule has 5 rings (SSSR count). The van der Waals surface area contributed by atoms with Crippen molar-refractivity contribution in [2.45, 2.75) is 77.4 Å².